The van der Waals surface area contributed by atoms with Gasteiger partial charge in [-0.25, -0.2) is 0 Å². The number of H-pyrrole nitrogens is 1. The van der Waals surface area contributed by atoms with Crippen LogP contribution in [0.4, 0.5) is 10.1 Å². The summed E-state index contributed by atoms with van der Waals surface area (Å²) in [5.74, 6) is 0. The summed E-state index contributed by atoms with van der Waals surface area (Å²) in [4.78, 5) is 5.70. The Kier molecular flexibility index (Phi) is 6.79. The van der Waals surface area contributed by atoms with E-state index in [1.54, 1.807) is 0 Å². The largest absolute Gasteiger partial charge is 0.380 e. The van der Waals surface area contributed by atoms with Crippen LogP contribution in [0.3, 0.4) is 0 Å². The maximum absolute atomic E-state index is 12.5. The molecule has 37 heavy (non-hydrogen) atoms. The molecule has 1 fully saturated rings. The number of aryl methyl sites for hydroxylation is 1. The van der Waals surface area contributed by atoms with Crippen LogP contribution in [-0.2, 0) is 6.42 Å². The van der Waals surface area contributed by atoms with E-state index in [9.17, 15) is 4.39 Å². The summed E-state index contributed by atoms with van der Waals surface area (Å²) < 4.78 is 12.5. The molecule has 1 aliphatic heterocycles. The van der Waals surface area contributed by atoms with Gasteiger partial charge in [0.25, 0.3) is 0 Å². The first-order valence-corrected chi connectivity index (χ1v) is 13.7. The van der Waals surface area contributed by atoms with Gasteiger partial charge in [-0.05, 0) is 102 Å². The van der Waals surface area contributed by atoms with Crippen molar-refractivity contribution in [2.45, 2.75) is 38.6 Å². The molecule has 5 heteroatoms. The normalized spacial score (nSPS) is 16.5. The molecule has 3 nitrogen and oxygen atoms in total. The topological polar surface area (TPSA) is 31.1 Å². The van der Waals surface area contributed by atoms with Crippen molar-refractivity contribution in [1.82, 2.24) is 9.88 Å². The number of aromatic nitrogens is 1. The number of hydrogen-bond acceptors (Lipinski definition) is 2. The van der Waals surface area contributed by atoms with Crippen LogP contribution < -0.4 is 5.32 Å². The van der Waals surface area contributed by atoms with Crippen molar-refractivity contribution in [3.8, 4) is 0 Å². The number of halogens is 2. The van der Waals surface area contributed by atoms with Crippen LogP contribution in [0.5, 0.6) is 0 Å². The molecule has 0 saturated carbocycles. The molecular weight excluding hydrogens is 481 g/mol. The van der Waals surface area contributed by atoms with Gasteiger partial charge in [0.1, 0.15) is 0 Å². The Morgan fingerprint density at radius 3 is 2.65 bits per heavy atom. The van der Waals surface area contributed by atoms with Crippen molar-refractivity contribution >= 4 is 39.3 Å². The number of hydrogen-bond donors (Lipinski definition) is 2. The molecule has 190 valence electrons. The highest BCUT2D eigenvalue weighted by Crippen LogP contribution is 2.43. The molecule has 0 amide bonds. The third kappa shape index (κ3) is 4.69. The molecule has 0 spiro atoms. The zero-order valence-electron chi connectivity index (χ0n) is 21.3. The summed E-state index contributed by atoms with van der Waals surface area (Å²) in [5, 5.41) is 5.79. The van der Waals surface area contributed by atoms with Crippen LogP contribution in [0.15, 0.2) is 66.9 Å². The SMILES string of the molecule is Cc1c(Cl)cccc1C1=C(c2ccc(NC3CN(CCCF)C3)cc2)c2ccc3[nH]ccc3c2CCC1. The molecule has 0 bridgehead atoms. The van der Waals surface area contributed by atoms with Crippen LogP contribution in [0.2, 0.25) is 5.02 Å². The van der Waals surface area contributed by atoms with Gasteiger partial charge < -0.3 is 10.3 Å². The number of rotatable bonds is 7. The molecule has 2 aliphatic rings. The first-order chi connectivity index (χ1) is 18.1. The second-order valence-electron chi connectivity index (χ2n) is 10.4. The van der Waals surface area contributed by atoms with E-state index >= 15 is 0 Å². The predicted octanol–water partition coefficient (Wildman–Crippen LogP) is 7.88. The molecule has 4 aromatic rings. The second kappa shape index (κ2) is 10.4. The smallest absolute Gasteiger partial charge is 0.0906 e. The standard InChI is InChI=1S/C32H33ClFN3/c1-21-25(5-3-8-30(21)33)28-7-2-6-26-27-15-17-35-31(27)14-13-29(26)32(28)22-9-11-23(12-10-22)36-24-19-37(20-24)18-4-16-34/h3,5,8-15,17,24,35-36H,2,4,6-7,16,18-20H2,1H3. The summed E-state index contributed by atoms with van der Waals surface area (Å²) in [6, 6.07) is 22.3. The summed E-state index contributed by atoms with van der Waals surface area (Å²) in [7, 11) is 0. The first-order valence-electron chi connectivity index (χ1n) is 13.4. The van der Waals surface area contributed by atoms with E-state index in [2.05, 4.69) is 76.7 Å². The lowest BCUT2D eigenvalue weighted by Crippen LogP contribution is -2.54. The lowest BCUT2D eigenvalue weighted by Gasteiger charge is -2.40. The van der Waals surface area contributed by atoms with E-state index in [0.29, 0.717) is 12.5 Å². The van der Waals surface area contributed by atoms with Gasteiger partial charge >= 0.3 is 0 Å². The number of alkyl halides is 1. The van der Waals surface area contributed by atoms with Crippen LogP contribution in [0.1, 0.15) is 47.1 Å². The highest BCUT2D eigenvalue weighted by Gasteiger charge is 2.26. The summed E-state index contributed by atoms with van der Waals surface area (Å²) in [6.07, 6.45) is 5.83. The van der Waals surface area contributed by atoms with Gasteiger partial charge in [-0.3, -0.25) is 9.29 Å². The lowest BCUT2D eigenvalue weighted by atomic mass is 9.86. The third-order valence-corrected chi connectivity index (χ3v) is 8.38. The Labute approximate surface area is 223 Å². The molecule has 0 unspecified atom stereocenters. The summed E-state index contributed by atoms with van der Waals surface area (Å²) in [5.41, 5.74) is 11.4. The fourth-order valence-corrected chi connectivity index (χ4v) is 6.23. The Morgan fingerprint density at radius 1 is 1.00 bits per heavy atom. The van der Waals surface area contributed by atoms with Crippen LogP contribution in [0.25, 0.3) is 22.0 Å². The number of anilines is 1. The molecule has 0 atom stereocenters. The zero-order chi connectivity index (χ0) is 25.4. The summed E-state index contributed by atoms with van der Waals surface area (Å²) >= 11 is 6.60. The van der Waals surface area contributed by atoms with Gasteiger partial charge in [0.2, 0.25) is 0 Å². The van der Waals surface area contributed by atoms with Gasteiger partial charge in [-0.2, -0.15) is 0 Å². The lowest BCUT2D eigenvalue weighted by molar-refractivity contribution is 0.155. The average Bonchev–Trinajstić information content (AvgIpc) is 3.29. The predicted molar refractivity (Wildman–Crippen MR) is 154 cm³/mol. The van der Waals surface area contributed by atoms with Gasteiger partial charge in [0.15, 0.2) is 0 Å². The third-order valence-electron chi connectivity index (χ3n) is 7.97. The fraction of sp³-hybridized carbons (Fsp3) is 0.312. The Morgan fingerprint density at radius 2 is 1.84 bits per heavy atom. The highest BCUT2D eigenvalue weighted by atomic mass is 35.5. The van der Waals surface area contributed by atoms with Gasteiger partial charge in [-0.1, -0.05) is 41.9 Å². The zero-order valence-corrected chi connectivity index (χ0v) is 22.0. The van der Waals surface area contributed by atoms with Gasteiger partial charge in [-0.15, -0.1) is 0 Å². The van der Waals surface area contributed by atoms with E-state index in [0.717, 1.165) is 55.2 Å². The maximum atomic E-state index is 12.5. The molecule has 6 rings (SSSR count). The Balaban J connectivity index is 1.39. The van der Waals surface area contributed by atoms with Crippen molar-refractivity contribution < 1.29 is 4.39 Å². The first kappa shape index (κ1) is 24.3. The molecule has 2 heterocycles. The van der Waals surface area contributed by atoms with E-state index in [4.69, 9.17) is 11.6 Å². The van der Waals surface area contributed by atoms with Crippen LogP contribution >= 0.6 is 11.6 Å². The van der Waals surface area contributed by atoms with Gasteiger partial charge in [0, 0.05) is 47.4 Å². The molecule has 1 aromatic heterocycles. The number of nitrogens with zero attached hydrogens (tertiary/aromatic N) is 1. The van der Waals surface area contributed by atoms with Gasteiger partial charge in [0.05, 0.1) is 12.7 Å². The molecule has 2 N–H and O–H groups in total. The van der Waals surface area contributed by atoms with Crippen molar-refractivity contribution in [2.75, 3.05) is 31.6 Å². The van der Waals surface area contributed by atoms with Crippen molar-refractivity contribution in [1.29, 1.82) is 0 Å². The molecule has 3 aromatic carbocycles. The number of aromatic amines is 1. The number of benzene rings is 3. The molecule has 0 radical (unpaired) electrons. The molecular formula is C32H33ClFN3. The average molecular weight is 514 g/mol. The number of nitrogens with one attached hydrogen (secondary N) is 2. The second-order valence-corrected chi connectivity index (χ2v) is 10.8. The Bertz CT molecular complexity index is 1450. The minimum absolute atomic E-state index is 0.235. The molecule has 1 saturated heterocycles. The monoisotopic (exact) mass is 513 g/mol. The van der Waals surface area contributed by atoms with Crippen molar-refractivity contribution in [3.05, 3.63) is 99.7 Å². The van der Waals surface area contributed by atoms with E-state index in [1.165, 1.54) is 44.3 Å². The number of allylic oxidation sites excluding steroid dienone is 1. The number of fused-ring (bicyclic) bond motifs is 3. The van der Waals surface area contributed by atoms with E-state index < -0.39 is 0 Å². The van der Waals surface area contributed by atoms with E-state index in [1.807, 2.05) is 12.3 Å². The Hall–Kier alpha value is -3.08. The summed E-state index contributed by atoms with van der Waals surface area (Å²) in [6.45, 7) is 4.70. The van der Waals surface area contributed by atoms with Crippen LogP contribution in [0, 0.1) is 6.92 Å². The number of likely N-dealkylation sites (tertiary alicyclic amines) is 1. The molecule has 1 aliphatic carbocycles. The van der Waals surface area contributed by atoms with E-state index in [-0.39, 0.29) is 6.67 Å². The van der Waals surface area contributed by atoms with Crippen molar-refractivity contribution in [2.24, 2.45) is 0 Å². The van der Waals surface area contributed by atoms with Crippen LogP contribution in [-0.4, -0.2) is 42.2 Å². The minimum atomic E-state index is -0.235. The quantitative estimate of drug-likeness (QED) is 0.263. The fourth-order valence-electron chi connectivity index (χ4n) is 6.06. The maximum Gasteiger partial charge on any atom is 0.0906 e. The highest BCUT2D eigenvalue weighted by molar-refractivity contribution is 6.31. The van der Waals surface area contributed by atoms with Crippen molar-refractivity contribution in [3.63, 3.8) is 0 Å². The minimum Gasteiger partial charge on any atom is -0.380 e.